The van der Waals surface area contributed by atoms with Crippen molar-refractivity contribution in [2.24, 2.45) is 5.92 Å². The van der Waals surface area contributed by atoms with Gasteiger partial charge in [0.15, 0.2) is 5.16 Å². The molecule has 0 saturated heterocycles. The van der Waals surface area contributed by atoms with E-state index in [2.05, 4.69) is 13.8 Å². The Kier molecular flexibility index (Phi) is 6.32. The molecule has 0 unspecified atom stereocenters. The molecule has 0 radical (unpaired) electrons. The van der Waals surface area contributed by atoms with Crippen molar-refractivity contribution in [3.8, 4) is 0 Å². The minimum absolute atomic E-state index is 0.214. The Bertz CT molecular complexity index is 1080. The lowest BCUT2D eigenvalue weighted by molar-refractivity contribution is -0.139. The van der Waals surface area contributed by atoms with Gasteiger partial charge in [0.1, 0.15) is 9.86 Å². The highest BCUT2D eigenvalue weighted by Gasteiger charge is 2.25. The number of fused-ring (bicyclic) bond motifs is 5. The van der Waals surface area contributed by atoms with Crippen LogP contribution in [0.2, 0.25) is 0 Å². The number of aryl methyl sites for hydroxylation is 1. The Hall–Kier alpha value is -1.38. The molecule has 3 aromatic heterocycles. The molecule has 4 rings (SSSR count). The van der Waals surface area contributed by atoms with Gasteiger partial charge in [-0.25, -0.2) is 15.0 Å². The molecule has 0 spiro atoms. The summed E-state index contributed by atoms with van der Waals surface area (Å²) >= 11 is 4.63. The predicted molar refractivity (Wildman–Crippen MR) is 122 cm³/mol. The molecule has 0 bridgehead atoms. The summed E-state index contributed by atoms with van der Waals surface area (Å²) < 4.78 is 6.12. The van der Waals surface area contributed by atoms with Crippen molar-refractivity contribution in [2.45, 2.75) is 56.6 Å². The van der Waals surface area contributed by atoms with Gasteiger partial charge in [-0.2, -0.15) is 0 Å². The van der Waals surface area contributed by atoms with E-state index in [1.807, 2.05) is 13.2 Å². The van der Waals surface area contributed by atoms with Gasteiger partial charge in [0.25, 0.3) is 0 Å². The van der Waals surface area contributed by atoms with Gasteiger partial charge in [0.2, 0.25) is 0 Å². The summed E-state index contributed by atoms with van der Waals surface area (Å²) in [4.78, 5) is 27.6. The summed E-state index contributed by atoms with van der Waals surface area (Å²) in [6, 6.07) is 0. The van der Waals surface area contributed by atoms with Gasteiger partial charge in [-0.05, 0) is 55.9 Å². The molecule has 1 aliphatic rings. The van der Waals surface area contributed by atoms with Crippen LogP contribution >= 0.6 is 34.9 Å². The van der Waals surface area contributed by atoms with Crippen molar-refractivity contribution < 1.29 is 9.53 Å². The van der Waals surface area contributed by atoms with Crippen LogP contribution < -0.4 is 0 Å². The Balaban J connectivity index is 1.88. The third kappa shape index (κ3) is 4.11. The van der Waals surface area contributed by atoms with Crippen LogP contribution in [0.4, 0.5) is 0 Å². The van der Waals surface area contributed by atoms with E-state index in [9.17, 15) is 4.79 Å². The quantitative estimate of drug-likeness (QED) is 0.211. The number of carbonyl (C=O) groups excluding carboxylic acids is 1. The minimum atomic E-state index is -0.214. The predicted octanol–water partition coefficient (Wildman–Crippen LogP) is 5.30. The number of hydrogen-bond acceptors (Lipinski definition) is 8. The van der Waals surface area contributed by atoms with Gasteiger partial charge in [0.05, 0.1) is 22.6 Å². The molecule has 0 fully saturated rings. The number of rotatable bonds is 7. The van der Waals surface area contributed by atoms with Crippen LogP contribution in [0.25, 0.3) is 20.4 Å². The first-order chi connectivity index (χ1) is 14.0. The van der Waals surface area contributed by atoms with Crippen molar-refractivity contribution >= 4 is 61.3 Å². The standard InChI is InChI=1S/C21H25N3O2S3/c1-5-26-15(25)10-28-20-18-17(23-21(24-20)27-4)16-13-8-6-7-12(13)14(9-11(2)3)22-19(16)29-18/h11H,5-10H2,1-4H3. The second-order valence-corrected chi connectivity index (χ2v) is 10.3. The van der Waals surface area contributed by atoms with Crippen LogP contribution in [0, 0.1) is 5.92 Å². The number of esters is 1. The molecule has 8 heteroatoms. The van der Waals surface area contributed by atoms with Gasteiger partial charge < -0.3 is 4.74 Å². The van der Waals surface area contributed by atoms with Gasteiger partial charge >= 0.3 is 5.97 Å². The molecule has 0 aromatic carbocycles. The maximum atomic E-state index is 11.9. The SMILES string of the molecule is CCOC(=O)CSc1nc(SC)nc2c1sc1nc(CC(C)C)c3c(c12)CCC3. The largest absolute Gasteiger partial charge is 0.465 e. The molecule has 3 heterocycles. The van der Waals surface area contributed by atoms with Gasteiger partial charge in [0, 0.05) is 11.1 Å². The highest BCUT2D eigenvalue weighted by Crippen LogP contribution is 2.43. The Morgan fingerprint density at radius 3 is 2.72 bits per heavy atom. The van der Waals surface area contributed by atoms with Crippen LogP contribution in [0.3, 0.4) is 0 Å². The lowest BCUT2D eigenvalue weighted by Gasteiger charge is -2.11. The molecule has 0 aliphatic heterocycles. The number of nitrogens with zero attached hydrogens (tertiary/aromatic N) is 3. The fourth-order valence-corrected chi connectivity index (χ4v) is 6.36. The highest BCUT2D eigenvalue weighted by atomic mass is 32.2. The number of thiophene rings is 1. The lowest BCUT2D eigenvalue weighted by Crippen LogP contribution is -2.06. The first kappa shape index (κ1) is 20.9. The van der Waals surface area contributed by atoms with Crippen molar-refractivity contribution in [1.29, 1.82) is 0 Å². The number of aromatic nitrogens is 3. The van der Waals surface area contributed by atoms with Crippen LogP contribution in [0.5, 0.6) is 0 Å². The summed E-state index contributed by atoms with van der Waals surface area (Å²) in [7, 11) is 0. The zero-order valence-electron chi connectivity index (χ0n) is 17.2. The Morgan fingerprint density at radius 1 is 1.21 bits per heavy atom. The molecule has 1 aliphatic carbocycles. The summed E-state index contributed by atoms with van der Waals surface area (Å²) in [6.07, 6.45) is 6.39. The molecule has 29 heavy (non-hydrogen) atoms. The number of pyridine rings is 1. The average molecular weight is 448 g/mol. The fraction of sp³-hybridized carbons (Fsp3) is 0.524. The zero-order chi connectivity index (χ0) is 20.5. The second-order valence-electron chi connectivity index (χ2n) is 7.54. The lowest BCUT2D eigenvalue weighted by atomic mass is 9.99. The molecule has 0 saturated carbocycles. The fourth-order valence-electron chi connectivity index (χ4n) is 3.87. The van der Waals surface area contributed by atoms with E-state index in [1.165, 1.54) is 52.2 Å². The van der Waals surface area contributed by atoms with E-state index in [0.717, 1.165) is 44.5 Å². The molecule has 0 atom stereocenters. The normalized spacial score (nSPS) is 13.6. The number of thioether (sulfide) groups is 2. The molecule has 0 amide bonds. The van der Waals surface area contributed by atoms with Gasteiger partial charge in [-0.3, -0.25) is 4.79 Å². The summed E-state index contributed by atoms with van der Waals surface area (Å²) in [5, 5.41) is 2.80. The summed E-state index contributed by atoms with van der Waals surface area (Å²) in [5.74, 6) is 0.624. The molecule has 3 aromatic rings. The van der Waals surface area contributed by atoms with Crippen LogP contribution in [-0.4, -0.2) is 39.5 Å². The van der Waals surface area contributed by atoms with Crippen LogP contribution in [0.15, 0.2) is 10.2 Å². The summed E-state index contributed by atoms with van der Waals surface area (Å²) in [5.41, 5.74) is 5.13. The third-order valence-electron chi connectivity index (χ3n) is 4.98. The first-order valence-electron chi connectivity index (χ1n) is 9.99. The average Bonchev–Trinajstić information content (AvgIpc) is 3.30. The molecular formula is C21H25N3O2S3. The van der Waals surface area contributed by atoms with Gasteiger partial charge in [-0.15, -0.1) is 11.3 Å². The maximum Gasteiger partial charge on any atom is 0.316 e. The third-order valence-corrected chi connectivity index (χ3v) is 7.69. The minimum Gasteiger partial charge on any atom is -0.465 e. The molecule has 5 nitrogen and oxygen atoms in total. The van der Waals surface area contributed by atoms with E-state index in [-0.39, 0.29) is 11.7 Å². The highest BCUT2D eigenvalue weighted by molar-refractivity contribution is 8.00. The second kappa shape index (κ2) is 8.78. The van der Waals surface area contributed by atoms with Crippen molar-refractivity contribution in [3.05, 3.63) is 16.8 Å². The molecule has 0 N–H and O–H groups in total. The van der Waals surface area contributed by atoms with Crippen molar-refractivity contribution in [2.75, 3.05) is 18.6 Å². The van der Waals surface area contributed by atoms with E-state index < -0.39 is 0 Å². The van der Waals surface area contributed by atoms with E-state index >= 15 is 0 Å². The smallest absolute Gasteiger partial charge is 0.316 e. The molecule has 154 valence electrons. The van der Waals surface area contributed by atoms with Crippen molar-refractivity contribution in [1.82, 2.24) is 15.0 Å². The van der Waals surface area contributed by atoms with Crippen LogP contribution in [-0.2, 0) is 28.8 Å². The van der Waals surface area contributed by atoms with E-state index in [1.54, 1.807) is 11.3 Å². The van der Waals surface area contributed by atoms with E-state index in [0.29, 0.717) is 12.5 Å². The Labute approximate surface area is 183 Å². The zero-order valence-corrected chi connectivity index (χ0v) is 19.7. The number of carbonyl (C=O) groups is 1. The topological polar surface area (TPSA) is 65.0 Å². The van der Waals surface area contributed by atoms with E-state index in [4.69, 9.17) is 19.7 Å². The Morgan fingerprint density at radius 2 is 2.00 bits per heavy atom. The molecular weight excluding hydrogens is 422 g/mol. The van der Waals surface area contributed by atoms with Gasteiger partial charge in [-0.1, -0.05) is 37.4 Å². The first-order valence-corrected chi connectivity index (χ1v) is 13.0. The number of hydrogen-bond donors (Lipinski definition) is 0. The van der Waals surface area contributed by atoms with Crippen molar-refractivity contribution in [3.63, 3.8) is 0 Å². The summed E-state index contributed by atoms with van der Waals surface area (Å²) in [6.45, 7) is 6.72. The van der Waals surface area contributed by atoms with Crippen LogP contribution in [0.1, 0.15) is 44.0 Å². The monoisotopic (exact) mass is 447 g/mol. The number of ether oxygens (including phenoxy) is 1. The maximum absolute atomic E-state index is 11.9.